The van der Waals surface area contributed by atoms with Crippen molar-refractivity contribution in [3.8, 4) is 5.69 Å². The first-order valence-corrected chi connectivity index (χ1v) is 11.7. The number of nitrogens with zero attached hydrogens (tertiary/aromatic N) is 4. The molecule has 0 unspecified atom stereocenters. The standard InChI is InChI=1S/C25H32ClN5/c1-2-6-25-19-22(28-31(25)24-7-4-3-5-8-24)20-27-13-14-29-15-17-30(18-16-29)23-11-9-21(26)10-12-23/h3-5,7-12,19,27H,2,6,13-18,20H2,1H3. The lowest BCUT2D eigenvalue weighted by atomic mass is 10.2. The lowest BCUT2D eigenvalue weighted by molar-refractivity contribution is 0.257. The van der Waals surface area contributed by atoms with Crippen LogP contribution in [0, 0.1) is 0 Å². The molecule has 0 atom stereocenters. The fourth-order valence-electron chi connectivity index (χ4n) is 4.12. The Morgan fingerprint density at radius 2 is 1.68 bits per heavy atom. The minimum absolute atomic E-state index is 0.795. The van der Waals surface area contributed by atoms with E-state index in [1.165, 1.54) is 11.4 Å². The number of aryl methyl sites for hydroxylation is 1. The predicted molar refractivity (Wildman–Crippen MR) is 129 cm³/mol. The fraction of sp³-hybridized carbons (Fsp3) is 0.400. The van der Waals surface area contributed by atoms with Gasteiger partial charge in [-0.15, -0.1) is 0 Å². The number of piperazine rings is 1. The van der Waals surface area contributed by atoms with Gasteiger partial charge in [0.05, 0.1) is 11.4 Å². The van der Waals surface area contributed by atoms with Crippen LogP contribution in [0.3, 0.4) is 0 Å². The second kappa shape index (κ2) is 10.8. The van der Waals surface area contributed by atoms with Gasteiger partial charge in [-0.25, -0.2) is 4.68 Å². The minimum Gasteiger partial charge on any atom is -0.369 e. The SMILES string of the molecule is CCCc1cc(CNCCN2CCN(c3ccc(Cl)cc3)CC2)nn1-c1ccccc1. The maximum atomic E-state index is 6.01. The minimum atomic E-state index is 0.795. The molecule has 1 fully saturated rings. The van der Waals surface area contributed by atoms with E-state index < -0.39 is 0 Å². The number of nitrogens with one attached hydrogen (secondary N) is 1. The van der Waals surface area contributed by atoms with E-state index in [0.717, 1.165) is 75.1 Å². The molecule has 2 heterocycles. The number of aromatic nitrogens is 2. The molecule has 1 saturated heterocycles. The largest absolute Gasteiger partial charge is 0.369 e. The van der Waals surface area contributed by atoms with Crippen LogP contribution in [0.1, 0.15) is 24.7 Å². The van der Waals surface area contributed by atoms with Gasteiger partial charge in [-0.1, -0.05) is 43.1 Å². The van der Waals surface area contributed by atoms with Crippen LogP contribution in [0.4, 0.5) is 5.69 Å². The number of anilines is 1. The Hall–Kier alpha value is -2.34. The van der Waals surface area contributed by atoms with Gasteiger partial charge in [0, 0.05) is 62.2 Å². The molecule has 1 aromatic heterocycles. The quantitative estimate of drug-likeness (QED) is 0.503. The summed E-state index contributed by atoms with van der Waals surface area (Å²) >= 11 is 6.01. The summed E-state index contributed by atoms with van der Waals surface area (Å²) in [5, 5.41) is 9.24. The zero-order chi connectivity index (χ0) is 21.5. The summed E-state index contributed by atoms with van der Waals surface area (Å²) in [5.74, 6) is 0. The van der Waals surface area contributed by atoms with Crippen LogP contribution < -0.4 is 10.2 Å². The monoisotopic (exact) mass is 437 g/mol. The van der Waals surface area contributed by atoms with Crippen molar-refractivity contribution >= 4 is 17.3 Å². The smallest absolute Gasteiger partial charge is 0.0769 e. The molecule has 6 heteroatoms. The third-order valence-electron chi connectivity index (χ3n) is 5.82. The average molecular weight is 438 g/mol. The van der Waals surface area contributed by atoms with E-state index >= 15 is 0 Å². The zero-order valence-corrected chi connectivity index (χ0v) is 19.1. The Bertz CT molecular complexity index is 930. The molecular formula is C25H32ClN5. The number of hydrogen-bond donors (Lipinski definition) is 1. The molecule has 2 aromatic carbocycles. The lowest BCUT2D eigenvalue weighted by Gasteiger charge is -2.36. The van der Waals surface area contributed by atoms with Gasteiger partial charge in [0.2, 0.25) is 0 Å². The topological polar surface area (TPSA) is 36.3 Å². The third kappa shape index (κ3) is 5.88. The highest BCUT2D eigenvalue weighted by Crippen LogP contribution is 2.19. The highest BCUT2D eigenvalue weighted by Gasteiger charge is 2.17. The van der Waals surface area contributed by atoms with Crippen molar-refractivity contribution in [1.29, 1.82) is 0 Å². The van der Waals surface area contributed by atoms with E-state index in [0.29, 0.717) is 0 Å². The molecule has 4 rings (SSSR count). The summed E-state index contributed by atoms with van der Waals surface area (Å²) < 4.78 is 2.09. The van der Waals surface area contributed by atoms with Gasteiger partial charge in [0.15, 0.2) is 0 Å². The van der Waals surface area contributed by atoms with Crippen molar-refractivity contribution in [2.75, 3.05) is 44.2 Å². The fourth-order valence-corrected chi connectivity index (χ4v) is 4.25. The van der Waals surface area contributed by atoms with Crippen molar-refractivity contribution in [2.24, 2.45) is 0 Å². The normalized spacial score (nSPS) is 14.8. The van der Waals surface area contributed by atoms with Crippen molar-refractivity contribution < 1.29 is 0 Å². The molecule has 0 aliphatic carbocycles. The Balaban J connectivity index is 1.23. The van der Waals surface area contributed by atoms with E-state index in [2.05, 4.69) is 69.2 Å². The second-order valence-electron chi connectivity index (χ2n) is 8.11. The van der Waals surface area contributed by atoms with Gasteiger partial charge in [0.1, 0.15) is 0 Å². The van der Waals surface area contributed by atoms with Crippen LogP contribution in [0.25, 0.3) is 5.69 Å². The first kappa shape index (κ1) is 21.9. The summed E-state index contributed by atoms with van der Waals surface area (Å²) in [7, 11) is 0. The predicted octanol–water partition coefficient (Wildman–Crippen LogP) is 4.39. The Morgan fingerprint density at radius 1 is 0.935 bits per heavy atom. The number of halogens is 1. The highest BCUT2D eigenvalue weighted by molar-refractivity contribution is 6.30. The van der Waals surface area contributed by atoms with Gasteiger partial charge in [-0.05, 0) is 48.9 Å². The Morgan fingerprint density at radius 3 is 2.39 bits per heavy atom. The van der Waals surface area contributed by atoms with E-state index in [1.807, 2.05) is 18.2 Å². The third-order valence-corrected chi connectivity index (χ3v) is 6.07. The molecule has 0 amide bonds. The molecule has 0 spiro atoms. The van der Waals surface area contributed by atoms with Crippen molar-refractivity contribution in [1.82, 2.24) is 20.0 Å². The van der Waals surface area contributed by atoms with E-state index in [-0.39, 0.29) is 0 Å². The second-order valence-corrected chi connectivity index (χ2v) is 8.54. The number of rotatable bonds is 9. The Labute approximate surface area is 190 Å². The molecule has 0 bridgehead atoms. The van der Waals surface area contributed by atoms with Crippen LogP contribution in [-0.4, -0.2) is 53.9 Å². The average Bonchev–Trinajstić information content (AvgIpc) is 3.21. The molecule has 164 valence electrons. The van der Waals surface area contributed by atoms with Crippen LogP contribution in [0.2, 0.25) is 5.02 Å². The van der Waals surface area contributed by atoms with Crippen LogP contribution >= 0.6 is 11.6 Å². The van der Waals surface area contributed by atoms with Crippen molar-refractivity contribution in [2.45, 2.75) is 26.3 Å². The first-order chi connectivity index (χ1) is 15.2. The van der Waals surface area contributed by atoms with Crippen LogP contribution in [0.15, 0.2) is 60.7 Å². The summed E-state index contributed by atoms with van der Waals surface area (Å²) in [5.41, 5.74) is 4.79. The highest BCUT2D eigenvalue weighted by atomic mass is 35.5. The molecule has 31 heavy (non-hydrogen) atoms. The van der Waals surface area contributed by atoms with E-state index in [4.69, 9.17) is 16.7 Å². The van der Waals surface area contributed by atoms with E-state index in [1.54, 1.807) is 0 Å². The zero-order valence-electron chi connectivity index (χ0n) is 18.3. The summed E-state index contributed by atoms with van der Waals surface area (Å²) in [6.45, 7) is 9.36. The summed E-state index contributed by atoms with van der Waals surface area (Å²) in [6.07, 6.45) is 2.16. The van der Waals surface area contributed by atoms with Gasteiger partial charge >= 0.3 is 0 Å². The van der Waals surface area contributed by atoms with Crippen LogP contribution in [-0.2, 0) is 13.0 Å². The van der Waals surface area contributed by atoms with Gasteiger partial charge in [-0.3, -0.25) is 4.90 Å². The molecule has 1 N–H and O–H groups in total. The first-order valence-electron chi connectivity index (χ1n) is 11.3. The number of benzene rings is 2. The van der Waals surface area contributed by atoms with Gasteiger partial charge in [0.25, 0.3) is 0 Å². The molecule has 1 aliphatic heterocycles. The van der Waals surface area contributed by atoms with Crippen LogP contribution in [0.5, 0.6) is 0 Å². The molecule has 1 aliphatic rings. The molecule has 3 aromatic rings. The van der Waals surface area contributed by atoms with Crippen molar-refractivity contribution in [3.05, 3.63) is 77.1 Å². The molecular weight excluding hydrogens is 406 g/mol. The van der Waals surface area contributed by atoms with Gasteiger partial charge in [-0.2, -0.15) is 5.10 Å². The molecule has 0 saturated carbocycles. The Kier molecular flexibility index (Phi) is 7.62. The maximum Gasteiger partial charge on any atom is 0.0769 e. The molecule has 0 radical (unpaired) electrons. The maximum absolute atomic E-state index is 6.01. The number of hydrogen-bond acceptors (Lipinski definition) is 4. The molecule has 5 nitrogen and oxygen atoms in total. The van der Waals surface area contributed by atoms with Crippen molar-refractivity contribution in [3.63, 3.8) is 0 Å². The lowest BCUT2D eigenvalue weighted by Crippen LogP contribution is -2.48. The summed E-state index contributed by atoms with van der Waals surface area (Å²) in [6, 6.07) is 20.8. The van der Waals surface area contributed by atoms with Gasteiger partial charge < -0.3 is 10.2 Å². The summed E-state index contributed by atoms with van der Waals surface area (Å²) in [4.78, 5) is 4.97. The van der Waals surface area contributed by atoms with E-state index in [9.17, 15) is 0 Å². The number of para-hydroxylation sites is 1.